The summed E-state index contributed by atoms with van der Waals surface area (Å²) in [5, 5.41) is 0. The molecule has 0 saturated heterocycles. The molecular formula is H8Cl2N4Rh-4. The normalized spacial score (nSPS) is 3.14. The summed E-state index contributed by atoms with van der Waals surface area (Å²) in [6.07, 6.45) is 0. The van der Waals surface area contributed by atoms with Gasteiger partial charge in [0.15, 0.2) is 0 Å². The Balaban J connectivity index is -0.00000000333. The molecule has 0 aliphatic heterocycles. The van der Waals surface area contributed by atoms with E-state index >= 15 is 0 Å². The second kappa shape index (κ2) is 61.6. The van der Waals surface area contributed by atoms with Crippen molar-refractivity contribution in [1.82, 2.24) is 0 Å². The molecule has 0 radical (unpaired) electrons. The zero-order valence-electron chi connectivity index (χ0n) is 3.40. The van der Waals surface area contributed by atoms with Crippen LogP contribution in [0.15, 0.2) is 0 Å². The third kappa shape index (κ3) is 165. The molecule has 0 atom stereocenters. The van der Waals surface area contributed by atoms with Crippen LogP contribution in [0, 0.1) is 0 Å². The molecule has 0 bridgehead atoms. The molecule has 0 aromatic heterocycles. The van der Waals surface area contributed by atoms with Gasteiger partial charge in [0.1, 0.15) is 0 Å². The van der Waals surface area contributed by atoms with Gasteiger partial charge in [-0.2, -0.15) is 0 Å². The largest absolute Gasteiger partial charge is 0.693 e. The molecule has 0 rings (SSSR count). The Kier molecular flexibility index (Phi) is 379. The van der Waals surface area contributed by atoms with E-state index in [4.69, 9.17) is 19.4 Å². The standard InChI is InChI=1S/2ClH.4H2N.Rh/h2*1H;4*1H2;/q;;4*-1;+2/p-2. The molecule has 0 amide bonds. The Morgan fingerprint density at radius 1 is 0.714 bits per heavy atom. The molecule has 0 saturated carbocycles. The van der Waals surface area contributed by atoms with Gasteiger partial charge in [-0.25, -0.2) is 0 Å². The van der Waals surface area contributed by atoms with Crippen LogP contribution in [0.4, 0.5) is 0 Å². The summed E-state index contributed by atoms with van der Waals surface area (Å²) in [5.74, 6) is 0. The summed E-state index contributed by atoms with van der Waals surface area (Å²) < 4.78 is 0. The first-order valence-electron chi connectivity index (χ1n) is 0.252. The first-order valence-corrected chi connectivity index (χ1v) is 4.47. The molecule has 0 aromatic carbocycles. The van der Waals surface area contributed by atoms with Crippen LogP contribution in [-0.2, 0) is 15.1 Å². The predicted molar refractivity (Wildman–Crippen MR) is 32.8 cm³/mol. The minimum absolute atomic E-state index is 0. The van der Waals surface area contributed by atoms with Crippen LogP contribution in [0.5, 0.6) is 0 Å². The number of nitrogens with two attached hydrogens (primary N) is 4. The first-order chi connectivity index (χ1) is 1.41. The molecule has 55 valence electrons. The number of rotatable bonds is 0. The SMILES string of the molecule is [Cl][Rh][Cl].[NH2-].[NH2-].[NH2-].[NH2-]. The Bertz CT molecular complexity index is 9.65. The minimum Gasteiger partial charge on any atom is -0.693 e. The third-order valence-corrected chi connectivity index (χ3v) is 0. The molecule has 0 fully saturated rings. The van der Waals surface area contributed by atoms with E-state index in [1.807, 2.05) is 0 Å². The molecule has 0 heterocycles. The van der Waals surface area contributed by atoms with Crippen LogP contribution in [-0.4, -0.2) is 0 Å². The van der Waals surface area contributed by atoms with Crippen LogP contribution in [0.25, 0.3) is 24.6 Å². The summed E-state index contributed by atoms with van der Waals surface area (Å²) >= 11 is -0.226. The van der Waals surface area contributed by atoms with Gasteiger partial charge in [0.25, 0.3) is 0 Å². The maximum absolute atomic E-state index is 4.83. The van der Waals surface area contributed by atoms with Gasteiger partial charge in [-0.15, -0.1) is 0 Å². The average molecular weight is 238 g/mol. The fourth-order valence-electron chi connectivity index (χ4n) is 0. The molecule has 0 aliphatic rings. The summed E-state index contributed by atoms with van der Waals surface area (Å²) in [4.78, 5) is 0. The van der Waals surface area contributed by atoms with Crippen molar-refractivity contribution in [3.63, 3.8) is 0 Å². The van der Waals surface area contributed by atoms with E-state index in [1.165, 1.54) is 0 Å². The van der Waals surface area contributed by atoms with Crippen molar-refractivity contribution in [2.75, 3.05) is 0 Å². The predicted octanol–water partition coefficient (Wildman–Crippen LogP) is 4.24. The van der Waals surface area contributed by atoms with Crippen molar-refractivity contribution in [3.05, 3.63) is 24.6 Å². The topological polar surface area (TPSA) is 134 Å². The summed E-state index contributed by atoms with van der Waals surface area (Å²) in [7, 11) is 9.67. The Morgan fingerprint density at radius 3 is 0.714 bits per heavy atom. The van der Waals surface area contributed by atoms with Crippen LogP contribution in [0.3, 0.4) is 0 Å². The smallest absolute Gasteiger partial charge is 0.693 e. The quantitative estimate of drug-likeness (QED) is 0.557. The Hall–Kier alpha value is 1.04. The monoisotopic (exact) mass is 237 g/mol. The van der Waals surface area contributed by atoms with Gasteiger partial charge >= 0.3 is 34.5 Å². The van der Waals surface area contributed by atoms with Crippen molar-refractivity contribution >= 4 is 19.4 Å². The van der Waals surface area contributed by atoms with E-state index in [0.29, 0.717) is 0 Å². The van der Waals surface area contributed by atoms with Crippen LogP contribution >= 0.6 is 19.4 Å². The molecule has 0 spiro atoms. The Morgan fingerprint density at radius 2 is 0.714 bits per heavy atom. The van der Waals surface area contributed by atoms with Crippen LogP contribution in [0.2, 0.25) is 0 Å². The van der Waals surface area contributed by atoms with Gasteiger partial charge in [-0.1, -0.05) is 0 Å². The molecule has 0 aromatic rings. The molecular weight excluding hydrogens is 230 g/mol. The second-order valence-electron chi connectivity index (χ2n) is 0.0476. The second-order valence-corrected chi connectivity index (χ2v) is 2.54. The van der Waals surface area contributed by atoms with Gasteiger partial charge in [0, 0.05) is 0 Å². The van der Waals surface area contributed by atoms with E-state index in [1.54, 1.807) is 0 Å². The van der Waals surface area contributed by atoms with E-state index in [2.05, 4.69) is 0 Å². The third-order valence-electron chi connectivity index (χ3n) is 0. The molecule has 7 heteroatoms. The number of halogens is 2. The number of hydrogen-bond acceptors (Lipinski definition) is 0. The fourth-order valence-corrected chi connectivity index (χ4v) is 0. The average Bonchev–Trinajstić information content (AvgIpc) is 0.918. The van der Waals surface area contributed by atoms with Gasteiger partial charge in [-0.3, -0.25) is 0 Å². The zero-order valence-corrected chi connectivity index (χ0v) is 6.55. The fraction of sp³-hybridized carbons (Fsp3) is 0. The van der Waals surface area contributed by atoms with Crippen molar-refractivity contribution in [3.8, 4) is 0 Å². The minimum atomic E-state index is -0.226. The Labute approximate surface area is 59.3 Å². The maximum atomic E-state index is 4.83. The van der Waals surface area contributed by atoms with Crippen LogP contribution in [0.1, 0.15) is 0 Å². The summed E-state index contributed by atoms with van der Waals surface area (Å²) in [6, 6.07) is 0. The number of hydrogen-bond donors (Lipinski definition) is 0. The molecule has 0 aliphatic carbocycles. The van der Waals surface area contributed by atoms with Crippen molar-refractivity contribution in [1.29, 1.82) is 0 Å². The first kappa shape index (κ1) is 43.1. The summed E-state index contributed by atoms with van der Waals surface area (Å²) in [6.45, 7) is 0. The van der Waals surface area contributed by atoms with Gasteiger partial charge in [0.05, 0.1) is 0 Å². The van der Waals surface area contributed by atoms with E-state index in [0.717, 1.165) is 0 Å². The maximum Gasteiger partial charge on any atom is -0.693 e. The van der Waals surface area contributed by atoms with E-state index < -0.39 is 0 Å². The zero-order chi connectivity index (χ0) is 2.71. The summed E-state index contributed by atoms with van der Waals surface area (Å²) in [5.41, 5.74) is 0. The van der Waals surface area contributed by atoms with Crippen molar-refractivity contribution in [2.45, 2.75) is 0 Å². The van der Waals surface area contributed by atoms with Crippen LogP contribution < -0.4 is 0 Å². The van der Waals surface area contributed by atoms with Crippen molar-refractivity contribution < 1.29 is 15.1 Å². The van der Waals surface area contributed by atoms with E-state index in [-0.39, 0.29) is 39.7 Å². The van der Waals surface area contributed by atoms with Gasteiger partial charge in [-0.05, 0) is 0 Å². The van der Waals surface area contributed by atoms with Crippen molar-refractivity contribution in [2.24, 2.45) is 0 Å². The van der Waals surface area contributed by atoms with Gasteiger partial charge < -0.3 is 24.6 Å². The molecule has 4 nitrogen and oxygen atoms in total. The molecule has 8 N–H and O–H groups in total. The molecule has 0 unspecified atom stereocenters. The van der Waals surface area contributed by atoms with E-state index in [9.17, 15) is 0 Å². The molecule has 7 heavy (non-hydrogen) atoms. The van der Waals surface area contributed by atoms with Gasteiger partial charge in [0.2, 0.25) is 0 Å².